The van der Waals surface area contributed by atoms with Crippen molar-refractivity contribution < 1.29 is 0 Å². The molecular weight excluding hydrogens is 188 g/mol. The number of hydrogen-bond donors (Lipinski definition) is 2. The molecule has 4 nitrogen and oxygen atoms in total. The first-order chi connectivity index (χ1) is 7.13. The van der Waals surface area contributed by atoms with E-state index in [9.17, 15) is 0 Å². The van der Waals surface area contributed by atoms with Gasteiger partial charge in [-0.25, -0.2) is 0 Å². The van der Waals surface area contributed by atoms with Crippen molar-refractivity contribution in [3.63, 3.8) is 0 Å². The second-order valence-corrected chi connectivity index (χ2v) is 4.42. The van der Waals surface area contributed by atoms with Crippen LogP contribution in [0.4, 0.5) is 0 Å². The maximum absolute atomic E-state index is 7.21. The number of amidine groups is 1. The van der Waals surface area contributed by atoms with Crippen LogP contribution < -0.4 is 5.73 Å². The molecule has 1 aliphatic rings. The second kappa shape index (κ2) is 6.08. The van der Waals surface area contributed by atoms with Crippen LogP contribution in [0.5, 0.6) is 0 Å². The van der Waals surface area contributed by atoms with Crippen LogP contribution in [0.15, 0.2) is 0 Å². The number of likely N-dealkylation sites (tertiary alicyclic amines) is 1. The van der Waals surface area contributed by atoms with Crippen LogP contribution in [0, 0.1) is 5.41 Å². The summed E-state index contributed by atoms with van der Waals surface area (Å²) in [7, 11) is 2.15. The predicted molar refractivity (Wildman–Crippen MR) is 64.3 cm³/mol. The van der Waals surface area contributed by atoms with Crippen molar-refractivity contribution >= 4 is 5.84 Å². The van der Waals surface area contributed by atoms with Gasteiger partial charge in [-0.2, -0.15) is 0 Å². The number of hydrogen-bond acceptors (Lipinski definition) is 3. The Balaban J connectivity index is 2.23. The third-order valence-electron chi connectivity index (χ3n) is 3.36. The van der Waals surface area contributed by atoms with Crippen molar-refractivity contribution in [3.8, 4) is 0 Å². The maximum atomic E-state index is 7.21. The van der Waals surface area contributed by atoms with Gasteiger partial charge in [-0.1, -0.05) is 6.92 Å². The third-order valence-corrected chi connectivity index (χ3v) is 3.36. The van der Waals surface area contributed by atoms with Gasteiger partial charge in [-0.3, -0.25) is 5.41 Å². The molecule has 0 bridgehead atoms. The Kier molecular flexibility index (Phi) is 5.05. The van der Waals surface area contributed by atoms with Gasteiger partial charge in [0.15, 0.2) is 0 Å². The van der Waals surface area contributed by atoms with Gasteiger partial charge in [0.1, 0.15) is 0 Å². The summed E-state index contributed by atoms with van der Waals surface area (Å²) in [6.07, 6.45) is 3.20. The SMILES string of the molecule is CCN1CCC(N(C)CCC(=N)N)CC1. The zero-order valence-corrected chi connectivity index (χ0v) is 10.00. The molecule has 88 valence electrons. The molecular formula is C11H24N4. The summed E-state index contributed by atoms with van der Waals surface area (Å²) in [5, 5.41) is 7.21. The van der Waals surface area contributed by atoms with Gasteiger partial charge in [-0.05, 0) is 39.5 Å². The predicted octanol–water partition coefficient (Wildman–Crippen LogP) is 0.729. The number of nitrogens with two attached hydrogens (primary N) is 1. The van der Waals surface area contributed by atoms with Crippen molar-refractivity contribution in [3.05, 3.63) is 0 Å². The summed E-state index contributed by atoms with van der Waals surface area (Å²) in [5.74, 6) is 0.299. The molecule has 1 aliphatic heterocycles. The highest BCUT2D eigenvalue weighted by Crippen LogP contribution is 2.14. The Morgan fingerprint density at radius 3 is 2.53 bits per heavy atom. The summed E-state index contributed by atoms with van der Waals surface area (Å²) in [6, 6.07) is 0.687. The molecule has 15 heavy (non-hydrogen) atoms. The smallest absolute Gasteiger partial charge is 0.0918 e. The third kappa shape index (κ3) is 4.18. The Morgan fingerprint density at radius 1 is 1.47 bits per heavy atom. The lowest BCUT2D eigenvalue weighted by molar-refractivity contribution is 0.134. The number of nitrogens with one attached hydrogen (secondary N) is 1. The van der Waals surface area contributed by atoms with Crippen molar-refractivity contribution in [1.82, 2.24) is 9.80 Å². The molecule has 0 unspecified atom stereocenters. The largest absolute Gasteiger partial charge is 0.388 e. The van der Waals surface area contributed by atoms with Crippen LogP contribution in [-0.2, 0) is 0 Å². The van der Waals surface area contributed by atoms with E-state index in [4.69, 9.17) is 11.1 Å². The van der Waals surface area contributed by atoms with Crippen LogP contribution in [-0.4, -0.2) is 54.9 Å². The van der Waals surface area contributed by atoms with Gasteiger partial charge >= 0.3 is 0 Å². The first kappa shape index (κ1) is 12.5. The lowest BCUT2D eigenvalue weighted by atomic mass is 10.0. The fraction of sp³-hybridized carbons (Fsp3) is 0.909. The van der Waals surface area contributed by atoms with E-state index in [1.165, 1.54) is 32.5 Å². The first-order valence-corrected chi connectivity index (χ1v) is 5.89. The minimum absolute atomic E-state index is 0.299. The van der Waals surface area contributed by atoms with Crippen molar-refractivity contribution in [2.45, 2.75) is 32.2 Å². The quantitative estimate of drug-likeness (QED) is 0.522. The monoisotopic (exact) mass is 212 g/mol. The first-order valence-electron chi connectivity index (χ1n) is 5.89. The zero-order chi connectivity index (χ0) is 11.3. The molecule has 0 aromatic heterocycles. The van der Waals surface area contributed by atoms with E-state index in [1.54, 1.807) is 0 Å². The van der Waals surface area contributed by atoms with E-state index < -0.39 is 0 Å². The standard InChI is InChI=1S/C11H24N4/c1-3-15-8-4-10(5-9-15)14(2)7-6-11(12)13/h10H,3-9H2,1-2H3,(H3,12,13). The van der Waals surface area contributed by atoms with Crippen LogP contribution >= 0.6 is 0 Å². The van der Waals surface area contributed by atoms with Crippen molar-refractivity contribution in [2.24, 2.45) is 5.73 Å². The highest BCUT2D eigenvalue weighted by Gasteiger charge is 2.21. The molecule has 0 amide bonds. The molecule has 1 heterocycles. The minimum Gasteiger partial charge on any atom is -0.388 e. The summed E-state index contributed by atoms with van der Waals surface area (Å²) >= 11 is 0. The van der Waals surface area contributed by atoms with Gasteiger partial charge in [0.05, 0.1) is 5.84 Å². The summed E-state index contributed by atoms with van der Waals surface area (Å²) in [5.41, 5.74) is 5.36. The fourth-order valence-corrected chi connectivity index (χ4v) is 2.16. The lowest BCUT2D eigenvalue weighted by Crippen LogP contribution is -2.43. The fourth-order valence-electron chi connectivity index (χ4n) is 2.16. The highest BCUT2D eigenvalue weighted by atomic mass is 15.2. The summed E-state index contributed by atoms with van der Waals surface area (Å²) in [6.45, 7) is 6.74. The zero-order valence-electron chi connectivity index (χ0n) is 10.00. The number of nitrogens with zero attached hydrogens (tertiary/aromatic N) is 2. The summed E-state index contributed by atoms with van der Waals surface area (Å²) < 4.78 is 0. The Morgan fingerprint density at radius 2 is 2.07 bits per heavy atom. The Hall–Kier alpha value is -0.610. The van der Waals surface area contributed by atoms with E-state index in [-0.39, 0.29) is 0 Å². The molecule has 0 radical (unpaired) electrons. The van der Waals surface area contributed by atoms with Gasteiger partial charge in [0.2, 0.25) is 0 Å². The molecule has 1 saturated heterocycles. The highest BCUT2D eigenvalue weighted by molar-refractivity contribution is 5.76. The van der Waals surface area contributed by atoms with Crippen molar-refractivity contribution in [2.75, 3.05) is 33.2 Å². The molecule has 0 saturated carbocycles. The number of rotatable bonds is 5. The van der Waals surface area contributed by atoms with Gasteiger partial charge < -0.3 is 15.5 Å². The Bertz CT molecular complexity index is 197. The molecule has 4 heteroatoms. The lowest BCUT2D eigenvalue weighted by Gasteiger charge is -2.36. The van der Waals surface area contributed by atoms with Crippen LogP contribution in [0.3, 0.4) is 0 Å². The molecule has 0 spiro atoms. The second-order valence-electron chi connectivity index (χ2n) is 4.42. The molecule has 0 aromatic rings. The average Bonchev–Trinajstić information content (AvgIpc) is 2.26. The van der Waals surface area contributed by atoms with Crippen molar-refractivity contribution in [1.29, 1.82) is 5.41 Å². The molecule has 1 fully saturated rings. The van der Waals surface area contributed by atoms with E-state index in [1.807, 2.05) is 0 Å². The molecule has 0 aromatic carbocycles. The molecule has 0 aliphatic carbocycles. The average molecular weight is 212 g/mol. The normalized spacial score (nSPS) is 19.7. The van der Waals surface area contributed by atoms with E-state index in [2.05, 4.69) is 23.8 Å². The summed E-state index contributed by atoms with van der Waals surface area (Å²) in [4.78, 5) is 4.85. The minimum atomic E-state index is 0.299. The van der Waals surface area contributed by atoms with Gasteiger partial charge in [-0.15, -0.1) is 0 Å². The maximum Gasteiger partial charge on any atom is 0.0918 e. The van der Waals surface area contributed by atoms with E-state index >= 15 is 0 Å². The van der Waals surface area contributed by atoms with Gasteiger partial charge in [0, 0.05) is 19.0 Å². The molecule has 1 rings (SSSR count). The topological polar surface area (TPSA) is 56.4 Å². The molecule has 0 atom stereocenters. The molecule has 3 N–H and O–H groups in total. The van der Waals surface area contributed by atoms with Crippen LogP contribution in [0.1, 0.15) is 26.2 Å². The Labute approximate surface area is 92.9 Å². The van der Waals surface area contributed by atoms with E-state index in [0.29, 0.717) is 18.3 Å². The number of piperidine rings is 1. The van der Waals surface area contributed by atoms with Crippen LogP contribution in [0.2, 0.25) is 0 Å². The van der Waals surface area contributed by atoms with Gasteiger partial charge in [0.25, 0.3) is 0 Å². The van der Waals surface area contributed by atoms with E-state index in [0.717, 1.165) is 6.54 Å². The van der Waals surface area contributed by atoms with Crippen LogP contribution in [0.25, 0.3) is 0 Å².